The van der Waals surface area contributed by atoms with Gasteiger partial charge in [0.25, 0.3) is 0 Å². The third kappa shape index (κ3) is 7.53. The molecule has 108 valence electrons. The Bertz CT molecular complexity index is 251. The fourth-order valence-electron chi connectivity index (χ4n) is 1.64. The lowest BCUT2D eigenvalue weighted by Crippen LogP contribution is -2.31. The number of esters is 1. The molecule has 0 spiro atoms. The van der Waals surface area contributed by atoms with Crippen LogP contribution in [-0.4, -0.2) is 30.5 Å². The number of aliphatic hydroxyl groups is 1. The molecule has 0 rings (SSSR count). The molecule has 0 heterocycles. The van der Waals surface area contributed by atoms with Crippen LogP contribution in [0.15, 0.2) is 0 Å². The molecule has 1 N–H and O–H groups in total. The van der Waals surface area contributed by atoms with Crippen LogP contribution >= 0.6 is 0 Å². The van der Waals surface area contributed by atoms with E-state index in [9.17, 15) is 23.1 Å². The highest BCUT2D eigenvalue weighted by molar-refractivity contribution is 5.72. The third-order valence-electron chi connectivity index (χ3n) is 2.75. The molecule has 0 aliphatic carbocycles. The molecule has 6 heteroatoms. The summed E-state index contributed by atoms with van der Waals surface area (Å²) in [6.45, 7) is 3.88. The zero-order valence-electron chi connectivity index (χ0n) is 11.0. The number of hydrogen-bond acceptors (Lipinski definition) is 3. The average molecular weight is 270 g/mol. The first kappa shape index (κ1) is 17.2. The van der Waals surface area contributed by atoms with Gasteiger partial charge in [-0.3, -0.25) is 4.79 Å². The number of methoxy groups -OCH3 is 1. The lowest BCUT2D eigenvalue weighted by molar-refractivity contribution is -0.156. The average Bonchev–Trinajstić information content (AvgIpc) is 2.24. The van der Waals surface area contributed by atoms with E-state index in [0.717, 1.165) is 0 Å². The second-order valence-corrected chi connectivity index (χ2v) is 4.82. The van der Waals surface area contributed by atoms with Gasteiger partial charge in [0, 0.05) is 6.42 Å². The summed E-state index contributed by atoms with van der Waals surface area (Å²) < 4.78 is 40.7. The number of alkyl halides is 3. The van der Waals surface area contributed by atoms with Crippen molar-refractivity contribution in [2.24, 2.45) is 11.8 Å². The van der Waals surface area contributed by atoms with Crippen LogP contribution in [0.3, 0.4) is 0 Å². The first-order valence-electron chi connectivity index (χ1n) is 6.00. The number of carbonyl (C=O) groups excluding carboxylic acids is 1. The van der Waals surface area contributed by atoms with E-state index < -0.39 is 37.0 Å². The first-order valence-corrected chi connectivity index (χ1v) is 6.00. The molecule has 0 aromatic carbocycles. The van der Waals surface area contributed by atoms with Gasteiger partial charge in [-0.05, 0) is 18.8 Å². The maximum Gasteiger partial charge on any atom is 0.389 e. The van der Waals surface area contributed by atoms with Crippen molar-refractivity contribution in [3.05, 3.63) is 0 Å². The van der Waals surface area contributed by atoms with Crippen molar-refractivity contribution in [1.29, 1.82) is 0 Å². The summed E-state index contributed by atoms with van der Waals surface area (Å²) in [4.78, 5) is 11.4. The molecular weight excluding hydrogens is 249 g/mol. The number of halogens is 3. The summed E-state index contributed by atoms with van der Waals surface area (Å²) in [5.74, 6) is -1.21. The number of hydrogen-bond donors (Lipinski definition) is 1. The molecule has 0 aromatic heterocycles. The van der Waals surface area contributed by atoms with Gasteiger partial charge in [0.1, 0.15) is 0 Å². The Morgan fingerprint density at radius 2 is 1.78 bits per heavy atom. The van der Waals surface area contributed by atoms with Gasteiger partial charge in [-0.25, -0.2) is 0 Å². The quantitative estimate of drug-likeness (QED) is 0.723. The molecule has 0 aromatic rings. The standard InChI is InChI=1S/C12H21F3O3/c1-8(2)4-5-9(11(17)18-3)10(16)6-7-12(13,14)15/h8-10,16H,4-7H2,1-3H3/t9-,10-/m1/s1. The van der Waals surface area contributed by atoms with Crippen molar-refractivity contribution in [2.75, 3.05) is 7.11 Å². The Balaban J connectivity index is 4.40. The van der Waals surface area contributed by atoms with Gasteiger partial charge in [0.2, 0.25) is 0 Å². The largest absolute Gasteiger partial charge is 0.469 e. The van der Waals surface area contributed by atoms with Gasteiger partial charge >= 0.3 is 12.1 Å². The van der Waals surface area contributed by atoms with E-state index in [-0.39, 0.29) is 0 Å². The molecule has 0 bridgehead atoms. The number of ether oxygens (including phenoxy) is 1. The Hall–Kier alpha value is -0.780. The molecule has 0 aliphatic heterocycles. The van der Waals surface area contributed by atoms with Crippen LogP contribution in [0, 0.1) is 11.8 Å². The summed E-state index contributed by atoms with van der Waals surface area (Å²) in [6, 6.07) is 0. The zero-order chi connectivity index (χ0) is 14.3. The smallest absolute Gasteiger partial charge is 0.389 e. The second-order valence-electron chi connectivity index (χ2n) is 4.82. The molecule has 0 saturated heterocycles. The molecule has 0 aliphatic rings. The Morgan fingerprint density at radius 3 is 2.17 bits per heavy atom. The molecule has 0 amide bonds. The topological polar surface area (TPSA) is 46.5 Å². The number of carbonyl (C=O) groups is 1. The van der Waals surface area contributed by atoms with Crippen molar-refractivity contribution in [3.63, 3.8) is 0 Å². The van der Waals surface area contributed by atoms with E-state index in [0.29, 0.717) is 18.8 Å². The van der Waals surface area contributed by atoms with Gasteiger partial charge in [-0.2, -0.15) is 13.2 Å². The monoisotopic (exact) mass is 270 g/mol. The van der Waals surface area contributed by atoms with Gasteiger partial charge in [0.05, 0.1) is 19.1 Å². The SMILES string of the molecule is COC(=O)[C@H](CCC(C)C)[C@H](O)CCC(F)(F)F. The Morgan fingerprint density at radius 1 is 1.22 bits per heavy atom. The molecule has 0 unspecified atom stereocenters. The summed E-state index contributed by atoms with van der Waals surface area (Å²) >= 11 is 0. The first-order chi connectivity index (χ1) is 8.17. The normalized spacial score (nSPS) is 15.6. The summed E-state index contributed by atoms with van der Waals surface area (Å²) in [5.41, 5.74) is 0. The lowest BCUT2D eigenvalue weighted by Gasteiger charge is -2.22. The maximum atomic E-state index is 12.0. The molecular formula is C12H21F3O3. The molecule has 2 atom stereocenters. The van der Waals surface area contributed by atoms with Crippen molar-refractivity contribution in [1.82, 2.24) is 0 Å². The molecule has 3 nitrogen and oxygen atoms in total. The highest BCUT2D eigenvalue weighted by atomic mass is 19.4. The van der Waals surface area contributed by atoms with Crippen molar-refractivity contribution < 1.29 is 27.8 Å². The van der Waals surface area contributed by atoms with Crippen LogP contribution in [0.4, 0.5) is 13.2 Å². The van der Waals surface area contributed by atoms with Gasteiger partial charge in [-0.15, -0.1) is 0 Å². The number of rotatable bonds is 7. The van der Waals surface area contributed by atoms with E-state index >= 15 is 0 Å². The predicted molar refractivity (Wildman–Crippen MR) is 60.9 cm³/mol. The van der Waals surface area contributed by atoms with E-state index in [1.165, 1.54) is 7.11 Å². The summed E-state index contributed by atoms with van der Waals surface area (Å²) in [5, 5.41) is 9.69. The molecule has 18 heavy (non-hydrogen) atoms. The maximum absolute atomic E-state index is 12.0. The lowest BCUT2D eigenvalue weighted by atomic mass is 9.91. The van der Waals surface area contributed by atoms with Crippen molar-refractivity contribution in [2.45, 2.75) is 51.8 Å². The zero-order valence-corrected chi connectivity index (χ0v) is 11.0. The molecule has 0 fully saturated rings. The summed E-state index contributed by atoms with van der Waals surface area (Å²) in [7, 11) is 1.17. The minimum absolute atomic E-state index is 0.312. The van der Waals surface area contributed by atoms with Crippen LogP contribution in [0.2, 0.25) is 0 Å². The van der Waals surface area contributed by atoms with Crippen LogP contribution in [0.25, 0.3) is 0 Å². The van der Waals surface area contributed by atoms with Gasteiger partial charge in [-0.1, -0.05) is 20.3 Å². The van der Waals surface area contributed by atoms with Crippen LogP contribution in [-0.2, 0) is 9.53 Å². The summed E-state index contributed by atoms with van der Waals surface area (Å²) in [6.07, 6.45) is -6.20. The Labute approximate surface area is 105 Å². The fraction of sp³-hybridized carbons (Fsp3) is 0.917. The highest BCUT2D eigenvalue weighted by Crippen LogP contribution is 2.26. The predicted octanol–water partition coefficient (Wildman–Crippen LogP) is 2.92. The molecule has 0 radical (unpaired) electrons. The van der Waals surface area contributed by atoms with E-state index in [4.69, 9.17) is 0 Å². The van der Waals surface area contributed by atoms with E-state index in [1.54, 1.807) is 0 Å². The fourth-order valence-corrected chi connectivity index (χ4v) is 1.64. The van der Waals surface area contributed by atoms with Crippen LogP contribution < -0.4 is 0 Å². The minimum Gasteiger partial charge on any atom is -0.469 e. The van der Waals surface area contributed by atoms with Crippen molar-refractivity contribution in [3.8, 4) is 0 Å². The second kappa shape index (κ2) is 7.61. The molecule has 0 saturated carbocycles. The van der Waals surface area contributed by atoms with E-state index in [2.05, 4.69) is 4.74 Å². The minimum atomic E-state index is -4.32. The van der Waals surface area contributed by atoms with E-state index in [1.807, 2.05) is 13.8 Å². The van der Waals surface area contributed by atoms with Gasteiger partial charge < -0.3 is 9.84 Å². The Kier molecular flexibility index (Phi) is 7.28. The van der Waals surface area contributed by atoms with Crippen LogP contribution in [0.1, 0.15) is 39.5 Å². The highest BCUT2D eigenvalue weighted by Gasteiger charge is 2.33. The van der Waals surface area contributed by atoms with Crippen LogP contribution in [0.5, 0.6) is 0 Å². The number of aliphatic hydroxyl groups excluding tert-OH is 1. The van der Waals surface area contributed by atoms with Crippen molar-refractivity contribution >= 4 is 5.97 Å². The van der Waals surface area contributed by atoms with Gasteiger partial charge in [0.15, 0.2) is 0 Å². The third-order valence-corrected chi connectivity index (χ3v) is 2.75.